The predicted octanol–water partition coefficient (Wildman–Crippen LogP) is 5.37. The van der Waals surface area contributed by atoms with Crippen molar-refractivity contribution in [1.29, 1.82) is 0 Å². The number of benzene rings is 2. The molecule has 2 N–H and O–H groups in total. The Hall–Kier alpha value is -3.59. The van der Waals surface area contributed by atoms with Gasteiger partial charge in [0.15, 0.2) is 0 Å². The van der Waals surface area contributed by atoms with Crippen molar-refractivity contribution in [3.8, 4) is 16.9 Å². The molecular weight excluding hydrogens is 481 g/mol. The maximum absolute atomic E-state index is 13.9. The maximum Gasteiger partial charge on any atom is 0.275 e. The molecule has 7 nitrogen and oxygen atoms in total. The van der Waals surface area contributed by atoms with E-state index in [9.17, 15) is 23.9 Å². The van der Waals surface area contributed by atoms with E-state index in [4.69, 9.17) is 0 Å². The number of amides is 2. The third kappa shape index (κ3) is 6.34. The predicted molar refractivity (Wildman–Crippen MR) is 137 cm³/mol. The van der Waals surface area contributed by atoms with Crippen LogP contribution in [0.4, 0.5) is 10.1 Å². The summed E-state index contributed by atoms with van der Waals surface area (Å²) < 4.78 is 13.9. The van der Waals surface area contributed by atoms with Crippen LogP contribution in [0.15, 0.2) is 47.8 Å². The lowest BCUT2D eigenvalue weighted by Crippen LogP contribution is -2.37. The fourth-order valence-corrected chi connectivity index (χ4v) is 5.26. The molecule has 9 heteroatoms. The van der Waals surface area contributed by atoms with E-state index in [0.29, 0.717) is 54.9 Å². The molecule has 0 bridgehead atoms. The Morgan fingerprint density at radius 2 is 1.83 bits per heavy atom. The zero-order valence-corrected chi connectivity index (χ0v) is 20.8. The van der Waals surface area contributed by atoms with Gasteiger partial charge in [-0.05, 0) is 62.1 Å². The average Bonchev–Trinajstić information content (AvgIpc) is 3.36. The molecule has 2 aromatic carbocycles. The van der Waals surface area contributed by atoms with E-state index in [0.717, 1.165) is 17.8 Å². The van der Waals surface area contributed by atoms with Gasteiger partial charge in [-0.1, -0.05) is 12.1 Å². The van der Waals surface area contributed by atoms with Gasteiger partial charge in [0.1, 0.15) is 23.0 Å². The lowest BCUT2D eigenvalue weighted by molar-refractivity contribution is -0.132. The molecule has 2 heterocycles. The van der Waals surface area contributed by atoms with E-state index in [-0.39, 0.29) is 29.3 Å². The van der Waals surface area contributed by atoms with Gasteiger partial charge in [0, 0.05) is 48.5 Å². The first-order valence-corrected chi connectivity index (χ1v) is 12.8. The van der Waals surface area contributed by atoms with Crippen LogP contribution in [0.3, 0.4) is 0 Å². The summed E-state index contributed by atoms with van der Waals surface area (Å²) in [5, 5.41) is 15.0. The Labute approximate surface area is 213 Å². The van der Waals surface area contributed by atoms with Gasteiger partial charge in [-0.15, -0.1) is 11.3 Å². The molecular formula is C27H28FN3O4S. The number of Topliss-reactive ketones (excluding diaryl/α,β-unsaturated/α-hetero) is 1. The highest BCUT2D eigenvalue weighted by Crippen LogP contribution is 2.33. The number of aromatic nitrogens is 1. The monoisotopic (exact) mass is 509 g/mol. The van der Waals surface area contributed by atoms with Crippen molar-refractivity contribution in [2.75, 3.05) is 18.4 Å². The Morgan fingerprint density at radius 3 is 2.53 bits per heavy atom. The average molecular weight is 510 g/mol. The number of carbonyl (C=O) groups excluding carboxylic acids is 3. The fourth-order valence-electron chi connectivity index (χ4n) is 4.29. The second kappa shape index (κ2) is 11.4. The highest BCUT2D eigenvalue weighted by Gasteiger charge is 2.26. The van der Waals surface area contributed by atoms with Crippen LogP contribution < -0.4 is 5.32 Å². The number of likely N-dealkylation sites (tertiary alicyclic amines) is 1. The number of rotatable bonds is 8. The molecule has 1 saturated heterocycles. The second-order valence-electron chi connectivity index (χ2n) is 8.97. The number of anilines is 1. The summed E-state index contributed by atoms with van der Waals surface area (Å²) in [5.41, 5.74) is 1.89. The van der Waals surface area contributed by atoms with Crippen molar-refractivity contribution in [3.63, 3.8) is 0 Å². The van der Waals surface area contributed by atoms with Crippen molar-refractivity contribution in [2.24, 2.45) is 0 Å². The summed E-state index contributed by atoms with van der Waals surface area (Å²) in [4.78, 5) is 42.8. The van der Waals surface area contributed by atoms with Crippen molar-refractivity contribution in [1.82, 2.24) is 9.88 Å². The van der Waals surface area contributed by atoms with Crippen molar-refractivity contribution < 1.29 is 23.9 Å². The Kier molecular flexibility index (Phi) is 8.10. The molecule has 4 rings (SSSR count). The number of phenolic OH excluding ortho intramolecular Hbond substituents is 1. The van der Waals surface area contributed by atoms with Crippen LogP contribution in [0, 0.1) is 5.82 Å². The van der Waals surface area contributed by atoms with Crippen LogP contribution in [0.5, 0.6) is 5.75 Å². The number of carbonyl (C=O) groups is 3. The van der Waals surface area contributed by atoms with E-state index in [1.165, 1.54) is 48.6 Å². The molecule has 1 aliphatic rings. The van der Waals surface area contributed by atoms with Gasteiger partial charge in [0.2, 0.25) is 5.91 Å². The first kappa shape index (κ1) is 25.5. The number of aromatic hydroxyl groups is 1. The summed E-state index contributed by atoms with van der Waals surface area (Å²) >= 11 is 1.43. The van der Waals surface area contributed by atoms with E-state index in [2.05, 4.69) is 10.3 Å². The van der Waals surface area contributed by atoms with Crippen LogP contribution >= 0.6 is 11.3 Å². The van der Waals surface area contributed by atoms with E-state index < -0.39 is 5.82 Å². The summed E-state index contributed by atoms with van der Waals surface area (Å²) in [6, 6.07) is 10.4. The standard InChI is InChI=1S/C27H28FN3O4S/c1-17(32)3-2-4-25(34)31-13-11-19(12-14-31)27-30-24(16-36-27)26(35)29-23-10-7-20(28)15-22(23)18-5-8-21(33)9-6-18/h5-10,15-16,19,33H,2-4,11-14H2,1H3,(H,29,35). The Bertz CT molecular complexity index is 1250. The number of thiazole rings is 1. The van der Waals surface area contributed by atoms with Crippen molar-refractivity contribution in [2.45, 2.75) is 44.9 Å². The van der Waals surface area contributed by atoms with Gasteiger partial charge in [-0.25, -0.2) is 9.37 Å². The Morgan fingerprint density at radius 1 is 1.11 bits per heavy atom. The SMILES string of the molecule is CC(=O)CCCC(=O)N1CCC(c2nc(C(=O)Nc3ccc(F)cc3-c3ccc(O)cc3)cs2)CC1. The molecule has 2 amide bonds. The van der Waals surface area contributed by atoms with Gasteiger partial charge >= 0.3 is 0 Å². The number of nitrogens with zero attached hydrogens (tertiary/aromatic N) is 2. The summed E-state index contributed by atoms with van der Waals surface area (Å²) in [7, 11) is 0. The van der Waals surface area contributed by atoms with Crippen molar-refractivity contribution in [3.05, 3.63) is 64.4 Å². The minimum absolute atomic E-state index is 0.0811. The largest absolute Gasteiger partial charge is 0.508 e. The second-order valence-corrected chi connectivity index (χ2v) is 9.86. The number of phenols is 1. The highest BCUT2D eigenvalue weighted by atomic mass is 32.1. The normalized spacial score (nSPS) is 14.0. The molecule has 0 unspecified atom stereocenters. The lowest BCUT2D eigenvalue weighted by atomic mass is 9.97. The first-order chi connectivity index (χ1) is 17.3. The van der Waals surface area contributed by atoms with Gasteiger partial charge in [0.05, 0.1) is 5.01 Å². The zero-order chi connectivity index (χ0) is 25.7. The van der Waals surface area contributed by atoms with E-state index in [1.807, 2.05) is 4.90 Å². The lowest BCUT2D eigenvalue weighted by Gasteiger charge is -2.31. The number of nitrogens with one attached hydrogen (secondary N) is 1. The molecule has 0 radical (unpaired) electrons. The minimum atomic E-state index is -0.435. The number of hydrogen-bond donors (Lipinski definition) is 2. The smallest absolute Gasteiger partial charge is 0.275 e. The molecule has 1 aromatic heterocycles. The van der Waals surface area contributed by atoms with Crippen LogP contribution in [0.1, 0.15) is 60.4 Å². The molecule has 188 valence electrons. The molecule has 0 aliphatic carbocycles. The quantitative estimate of drug-likeness (QED) is 0.425. The van der Waals surface area contributed by atoms with E-state index >= 15 is 0 Å². The highest BCUT2D eigenvalue weighted by molar-refractivity contribution is 7.10. The van der Waals surface area contributed by atoms with Gasteiger partial charge in [0.25, 0.3) is 5.91 Å². The molecule has 36 heavy (non-hydrogen) atoms. The first-order valence-electron chi connectivity index (χ1n) is 11.9. The topological polar surface area (TPSA) is 99.6 Å². The third-order valence-electron chi connectivity index (χ3n) is 6.28. The zero-order valence-electron chi connectivity index (χ0n) is 20.0. The van der Waals surface area contributed by atoms with Gasteiger partial charge in [-0.2, -0.15) is 0 Å². The van der Waals surface area contributed by atoms with E-state index in [1.54, 1.807) is 17.5 Å². The summed E-state index contributed by atoms with van der Waals surface area (Å²) in [5.74, 6) is -0.369. The third-order valence-corrected chi connectivity index (χ3v) is 7.29. The van der Waals surface area contributed by atoms with Crippen LogP contribution in [-0.2, 0) is 9.59 Å². The molecule has 0 spiro atoms. The Balaban J connectivity index is 1.37. The van der Waals surface area contributed by atoms with Crippen molar-refractivity contribution >= 4 is 34.6 Å². The number of piperidine rings is 1. The van der Waals surface area contributed by atoms with Gasteiger partial charge in [-0.3, -0.25) is 9.59 Å². The summed E-state index contributed by atoms with van der Waals surface area (Å²) in [6.45, 7) is 2.80. The molecule has 0 saturated carbocycles. The van der Waals surface area contributed by atoms with Crippen LogP contribution in [0.2, 0.25) is 0 Å². The fraction of sp³-hybridized carbons (Fsp3) is 0.333. The number of halogens is 1. The summed E-state index contributed by atoms with van der Waals surface area (Å²) in [6.07, 6.45) is 2.95. The maximum atomic E-state index is 13.9. The van der Waals surface area contributed by atoms with Crippen LogP contribution in [-0.4, -0.2) is 45.7 Å². The molecule has 1 aliphatic heterocycles. The number of hydrogen-bond acceptors (Lipinski definition) is 6. The molecule has 1 fully saturated rings. The van der Waals surface area contributed by atoms with Gasteiger partial charge < -0.3 is 20.1 Å². The molecule has 0 atom stereocenters. The minimum Gasteiger partial charge on any atom is -0.508 e. The molecule has 3 aromatic rings. The number of ketones is 1. The van der Waals surface area contributed by atoms with Crippen LogP contribution in [0.25, 0.3) is 11.1 Å².